The van der Waals surface area contributed by atoms with Gasteiger partial charge in [-0.3, -0.25) is 9.59 Å². The molecule has 0 aliphatic carbocycles. The van der Waals surface area contributed by atoms with Crippen LogP contribution in [0.2, 0.25) is 0 Å². The van der Waals surface area contributed by atoms with Crippen LogP contribution in [0.25, 0.3) is 10.8 Å². The Balaban J connectivity index is 1.55. The summed E-state index contributed by atoms with van der Waals surface area (Å²) in [5.41, 5.74) is 2.22. The zero-order valence-corrected chi connectivity index (χ0v) is 16.2. The molecule has 0 aliphatic rings. The molecule has 0 heterocycles. The molecule has 3 aromatic rings. The van der Waals surface area contributed by atoms with Crippen LogP contribution in [0.3, 0.4) is 0 Å². The molecule has 2 N–H and O–H groups in total. The van der Waals surface area contributed by atoms with Crippen LogP contribution < -0.4 is 10.6 Å². The lowest BCUT2D eigenvalue weighted by Crippen LogP contribution is -2.31. The monoisotopic (exact) mass is 375 g/mol. The van der Waals surface area contributed by atoms with Crippen molar-refractivity contribution in [2.24, 2.45) is 0 Å². The van der Waals surface area contributed by atoms with E-state index in [1.807, 2.05) is 55.4 Å². The fraction of sp³-hybridized carbons (Fsp3) is 0.217. The van der Waals surface area contributed by atoms with E-state index in [9.17, 15) is 9.59 Å². The van der Waals surface area contributed by atoms with Gasteiger partial charge < -0.3 is 15.5 Å². The van der Waals surface area contributed by atoms with Gasteiger partial charge in [-0.1, -0.05) is 42.5 Å². The van der Waals surface area contributed by atoms with Crippen LogP contribution in [0.5, 0.6) is 0 Å². The molecule has 0 saturated carbocycles. The van der Waals surface area contributed by atoms with E-state index in [1.165, 1.54) is 0 Å². The van der Waals surface area contributed by atoms with Crippen LogP contribution >= 0.6 is 0 Å². The topological polar surface area (TPSA) is 61.4 Å². The third kappa shape index (κ3) is 5.41. The molecule has 3 aromatic carbocycles. The van der Waals surface area contributed by atoms with Gasteiger partial charge in [-0.15, -0.1) is 0 Å². The van der Waals surface area contributed by atoms with Gasteiger partial charge in [0, 0.05) is 24.3 Å². The van der Waals surface area contributed by atoms with Crippen LogP contribution in [0.4, 0.5) is 5.69 Å². The zero-order valence-electron chi connectivity index (χ0n) is 16.2. The van der Waals surface area contributed by atoms with E-state index in [2.05, 4.69) is 16.7 Å². The van der Waals surface area contributed by atoms with E-state index in [0.717, 1.165) is 22.9 Å². The minimum atomic E-state index is -0.115. The van der Waals surface area contributed by atoms with Crippen molar-refractivity contribution in [3.05, 3.63) is 77.9 Å². The number of anilines is 1. The molecule has 0 atom stereocenters. The highest BCUT2D eigenvalue weighted by Crippen LogP contribution is 2.17. The first-order valence-corrected chi connectivity index (χ1v) is 9.32. The third-order valence-electron chi connectivity index (χ3n) is 4.45. The van der Waals surface area contributed by atoms with Crippen LogP contribution in [-0.4, -0.2) is 43.9 Å². The number of carbonyl (C=O) groups excluding carboxylic acids is 2. The van der Waals surface area contributed by atoms with Gasteiger partial charge in [-0.25, -0.2) is 0 Å². The lowest BCUT2D eigenvalue weighted by atomic mass is 10.0. The molecule has 0 radical (unpaired) electrons. The molecule has 0 fully saturated rings. The number of carbonyl (C=O) groups is 2. The molecular formula is C23H25N3O2. The molecular weight excluding hydrogens is 350 g/mol. The number of nitrogens with zero attached hydrogens (tertiary/aromatic N) is 1. The molecule has 5 nitrogen and oxygen atoms in total. The standard InChI is InChI=1S/C23H25N3O2/c1-26(2)14-13-24-23(28)19-9-11-21(12-10-19)25-22(27)16-17-7-8-18-5-3-4-6-20(18)15-17/h3-12,15H,13-14,16H2,1-2H3,(H,24,28)(H,25,27). The minimum absolute atomic E-state index is 0.0848. The summed E-state index contributed by atoms with van der Waals surface area (Å²) in [4.78, 5) is 26.4. The Kier molecular flexibility index (Phi) is 6.40. The summed E-state index contributed by atoms with van der Waals surface area (Å²) in [5.74, 6) is -0.200. The summed E-state index contributed by atoms with van der Waals surface area (Å²) in [5, 5.41) is 8.04. The molecule has 0 bridgehead atoms. The van der Waals surface area contributed by atoms with Crippen molar-refractivity contribution in [2.75, 3.05) is 32.5 Å². The zero-order chi connectivity index (χ0) is 19.9. The first-order chi connectivity index (χ1) is 13.5. The molecule has 0 spiro atoms. The van der Waals surface area contributed by atoms with E-state index in [4.69, 9.17) is 0 Å². The lowest BCUT2D eigenvalue weighted by molar-refractivity contribution is -0.115. The lowest BCUT2D eigenvalue weighted by Gasteiger charge is -2.11. The van der Waals surface area contributed by atoms with Crippen LogP contribution in [0, 0.1) is 0 Å². The van der Waals surface area contributed by atoms with Crippen LogP contribution in [0.15, 0.2) is 66.7 Å². The van der Waals surface area contributed by atoms with Crippen molar-refractivity contribution in [2.45, 2.75) is 6.42 Å². The Morgan fingerprint density at radius 2 is 1.61 bits per heavy atom. The van der Waals surface area contributed by atoms with E-state index in [-0.39, 0.29) is 11.8 Å². The van der Waals surface area contributed by atoms with Crippen molar-refractivity contribution in [3.8, 4) is 0 Å². The fourth-order valence-corrected chi connectivity index (χ4v) is 2.94. The molecule has 0 saturated heterocycles. The third-order valence-corrected chi connectivity index (χ3v) is 4.45. The minimum Gasteiger partial charge on any atom is -0.351 e. The molecule has 28 heavy (non-hydrogen) atoms. The normalized spacial score (nSPS) is 10.8. The van der Waals surface area contributed by atoms with Gasteiger partial charge in [0.2, 0.25) is 5.91 Å². The maximum Gasteiger partial charge on any atom is 0.251 e. The average Bonchev–Trinajstić information content (AvgIpc) is 2.68. The van der Waals surface area contributed by atoms with E-state index in [1.54, 1.807) is 24.3 Å². The van der Waals surface area contributed by atoms with Gasteiger partial charge in [-0.2, -0.15) is 0 Å². The number of fused-ring (bicyclic) bond motifs is 1. The van der Waals surface area contributed by atoms with E-state index < -0.39 is 0 Å². The molecule has 0 aliphatic heterocycles. The number of rotatable bonds is 7. The Labute approximate surface area is 165 Å². The Morgan fingerprint density at radius 1 is 0.893 bits per heavy atom. The highest BCUT2D eigenvalue weighted by Gasteiger charge is 2.08. The number of amides is 2. The van der Waals surface area contributed by atoms with Crippen molar-refractivity contribution >= 4 is 28.3 Å². The van der Waals surface area contributed by atoms with Crippen molar-refractivity contribution in [1.29, 1.82) is 0 Å². The first kappa shape index (κ1) is 19.6. The fourth-order valence-electron chi connectivity index (χ4n) is 2.94. The van der Waals surface area contributed by atoms with Gasteiger partial charge in [0.05, 0.1) is 6.42 Å². The number of hydrogen-bond donors (Lipinski definition) is 2. The Bertz CT molecular complexity index is 965. The summed E-state index contributed by atoms with van der Waals surface area (Å²) < 4.78 is 0. The molecule has 3 rings (SSSR count). The molecule has 0 aromatic heterocycles. The van der Waals surface area contributed by atoms with Crippen molar-refractivity contribution in [3.63, 3.8) is 0 Å². The van der Waals surface area contributed by atoms with Crippen molar-refractivity contribution in [1.82, 2.24) is 10.2 Å². The SMILES string of the molecule is CN(C)CCNC(=O)c1ccc(NC(=O)Cc2ccc3ccccc3c2)cc1. The average molecular weight is 375 g/mol. The second-order valence-electron chi connectivity index (χ2n) is 7.04. The summed E-state index contributed by atoms with van der Waals surface area (Å²) in [6.45, 7) is 1.38. The summed E-state index contributed by atoms with van der Waals surface area (Å²) in [7, 11) is 3.92. The van der Waals surface area contributed by atoms with Crippen molar-refractivity contribution < 1.29 is 9.59 Å². The van der Waals surface area contributed by atoms with Gasteiger partial charge in [0.1, 0.15) is 0 Å². The second-order valence-corrected chi connectivity index (χ2v) is 7.04. The quantitative estimate of drug-likeness (QED) is 0.666. The van der Waals surface area contributed by atoms with Gasteiger partial charge in [0.15, 0.2) is 0 Å². The molecule has 144 valence electrons. The number of nitrogens with one attached hydrogen (secondary N) is 2. The van der Waals surface area contributed by atoms with E-state index >= 15 is 0 Å². The molecule has 5 heteroatoms. The predicted molar refractivity (Wildman–Crippen MR) is 114 cm³/mol. The Morgan fingerprint density at radius 3 is 2.32 bits per heavy atom. The summed E-state index contributed by atoms with van der Waals surface area (Å²) >= 11 is 0. The molecule has 2 amide bonds. The highest BCUT2D eigenvalue weighted by molar-refractivity contribution is 5.96. The number of benzene rings is 3. The van der Waals surface area contributed by atoms with Gasteiger partial charge in [-0.05, 0) is 54.7 Å². The maximum absolute atomic E-state index is 12.3. The van der Waals surface area contributed by atoms with Crippen LogP contribution in [-0.2, 0) is 11.2 Å². The summed E-state index contributed by atoms with van der Waals surface area (Å²) in [6, 6.07) is 21.1. The predicted octanol–water partition coefficient (Wildman–Crippen LogP) is 3.31. The largest absolute Gasteiger partial charge is 0.351 e. The number of hydrogen-bond acceptors (Lipinski definition) is 3. The molecule has 0 unspecified atom stereocenters. The first-order valence-electron chi connectivity index (χ1n) is 9.32. The smallest absolute Gasteiger partial charge is 0.251 e. The van der Waals surface area contributed by atoms with E-state index in [0.29, 0.717) is 24.2 Å². The number of likely N-dealkylation sites (N-methyl/N-ethyl adjacent to an activating group) is 1. The second kappa shape index (κ2) is 9.15. The van der Waals surface area contributed by atoms with Gasteiger partial charge in [0.25, 0.3) is 5.91 Å². The highest BCUT2D eigenvalue weighted by atomic mass is 16.2. The van der Waals surface area contributed by atoms with Gasteiger partial charge >= 0.3 is 0 Å². The Hall–Kier alpha value is -3.18. The van der Waals surface area contributed by atoms with Crippen LogP contribution in [0.1, 0.15) is 15.9 Å². The maximum atomic E-state index is 12.3. The summed E-state index contributed by atoms with van der Waals surface area (Å²) in [6.07, 6.45) is 0.303.